The number of nitrogens with zero attached hydrogens (tertiary/aromatic N) is 1. The highest BCUT2D eigenvalue weighted by atomic mass is 16.7. The molecule has 172 valence electrons. The molecule has 0 spiro atoms. The van der Waals surface area contributed by atoms with Crippen molar-refractivity contribution in [3.63, 3.8) is 0 Å². The van der Waals surface area contributed by atoms with Crippen LogP contribution in [0.4, 0.5) is 5.69 Å². The molecule has 1 aromatic heterocycles. The van der Waals surface area contributed by atoms with Crippen molar-refractivity contribution >= 4 is 22.5 Å². The number of carbonyl (C=O) groups is 1. The number of ether oxygens (including phenoxy) is 3. The molecule has 33 heavy (non-hydrogen) atoms. The van der Waals surface area contributed by atoms with Crippen LogP contribution in [0.5, 0.6) is 17.2 Å². The van der Waals surface area contributed by atoms with Crippen LogP contribution in [0.2, 0.25) is 0 Å². The molecule has 2 heterocycles. The number of anilines is 1. The predicted octanol–water partition coefficient (Wildman–Crippen LogP) is 4.51. The van der Waals surface area contributed by atoms with Crippen LogP contribution in [0.25, 0.3) is 10.9 Å². The Morgan fingerprint density at radius 3 is 2.94 bits per heavy atom. The molecule has 5 rings (SSSR count). The molecule has 2 aliphatic rings. The van der Waals surface area contributed by atoms with E-state index >= 15 is 0 Å². The summed E-state index contributed by atoms with van der Waals surface area (Å²) >= 11 is 0. The first-order chi connectivity index (χ1) is 16.2. The van der Waals surface area contributed by atoms with Crippen molar-refractivity contribution in [2.24, 2.45) is 11.8 Å². The van der Waals surface area contributed by atoms with Gasteiger partial charge in [-0.1, -0.05) is 12.5 Å². The van der Waals surface area contributed by atoms with Crippen LogP contribution in [-0.2, 0) is 11.3 Å². The van der Waals surface area contributed by atoms with E-state index < -0.39 is 0 Å². The Morgan fingerprint density at radius 1 is 1.12 bits per heavy atom. The Morgan fingerprint density at radius 2 is 2.03 bits per heavy atom. The van der Waals surface area contributed by atoms with Crippen LogP contribution in [0, 0.1) is 11.8 Å². The lowest BCUT2D eigenvalue weighted by Crippen LogP contribution is -2.32. The van der Waals surface area contributed by atoms with Gasteiger partial charge in [-0.3, -0.25) is 9.78 Å². The monoisotopic (exact) mass is 447 g/mol. The van der Waals surface area contributed by atoms with Crippen molar-refractivity contribution in [2.45, 2.75) is 32.2 Å². The fourth-order valence-electron chi connectivity index (χ4n) is 4.78. The van der Waals surface area contributed by atoms with E-state index in [1.54, 1.807) is 13.3 Å². The summed E-state index contributed by atoms with van der Waals surface area (Å²) in [6.07, 6.45) is 5.77. The molecule has 1 aliphatic heterocycles. The van der Waals surface area contributed by atoms with Crippen molar-refractivity contribution in [3.8, 4) is 17.2 Å². The van der Waals surface area contributed by atoms with Gasteiger partial charge in [-0.05, 0) is 73.7 Å². The summed E-state index contributed by atoms with van der Waals surface area (Å²) in [4.78, 5) is 17.5. The summed E-state index contributed by atoms with van der Waals surface area (Å²) in [5.41, 5.74) is 2.79. The van der Waals surface area contributed by atoms with Crippen LogP contribution in [0.1, 0.15) is 31.2 Å². The number of methoxy groups -OCH3 is 1. The van der Waals surface area contributed by atoms with Gasteiger partial charge >= 0.3 is 0 Å². The SMILES string of the molecule is COc1ccc2nccc(NC(=O)C3CCCC(CNCc4ccc5c(c4)OCO5)C3)c2c1. The number of pyridine rings is 1. The zero-order valence-electron chi connectivity index (χ0n) is 18.8. The standard InChI is InChI=1S/C26H29N3O4/c1-31-20-6-7-22-21(13-20)23(9-10-28-22)29-26(30)19-4-2-3-17(11-19)14-27-15-18-5-8-24-25(12-18)33-16-32-24/h5-10,12-13,17,19,27H,2-4,11,14-16H2,1H3,(H,28,29,30). The zero-order chi connectivity index (χ0) is 22.6. The predicted molar refractivity (Wildman–Crippen MR) is 127 cm³/mol. The number of rotatable bonds is 7. The van der Waals surface area contributed by atoms with Gasteiger partial charge in [-0.25, -0.2) is 0 Å². The molecular formula is C26H29N3O4. The molecule has 1 amide bonds. The number of hydrogen-bond acceptors (Lipinski definition) is 6. The summed E-state index contributed by atoms with van der Waals surface area (Å²) in [5, 5.41) is 7.60. The Labute approximate surface area is 193 Å². The zero-order valence-corrected chi connectivity index (χ0v) is 18.8. The lowest BCUT2D eigenvalue weighted by atomic mass is 9.81. The van der Waals surface area contributed by atoms with E-state index in [1.807, 2.05) is 36.4 Å². The number of hydrogen-bond donors (Lipinski definition) is 2. The minimum absolute atomic E-state index is 0.0184. The van der Waals surface area contributed by atoms with Crippen molar-refractivity contribution in [1.29, 1.82) is 0 Å². The summed E-state index contributed by atoms with van der Waals surface area (Å²) < 4.78 is 16.2. The fourth-order valence-corrected chi connectivity index (χ4v) is 4.78. The van der Waals surface area contributed by atoms with E-state index in [0.717, 1.165) is 72.6 Å². The maximum Gasteiger partial charge on any atom is 0.231 e. The van der Waals surface area contributed by atoms with Gasteiger partial charge in [0.25, 0.3) is 0 Å². The van der Waals surface area contributed by atoms with E-state index in [2.05, 4.69) is 21.7 Å². The Hall–Kier alpha value is -3.32. The molecule has 7 heteroatoms. The summed E-state index contributed by atoms with van der Waals surface area (Å²) in [6, 6.07) is 13.6. The minimum atomic E-state index is 0.0184. The molecule has 7 nitrogen and oxygen atoms in total. The average Bonchev–Trinajstić information content (AvgIpc) is 3.32. The van der Waals surface area contributed by atoms with E-state index in [1.165, 1.54) is 5.56 Å². The van der Waals surface area contributed by atoms with Gasteiger partial charge in [-0.2, -0.15) is 0 Å². The van der Waals surface area contributed by atoms with E-state index in [0.29, 0.717) is 12.7 Å². The lowest BCUT2D eigenvalue weighted by molar-refractivity contribution is -0.121. The van der Waals surface area contributed by atoms with Gasteiger partial charge in [0.15, 0.2) is 11.5 Å². The lowest BCUT2D eigenvalue weighted by Gasteiger charge is -2.28. The maximum atomic E-state index is 13.1. The first-order valence-corrected chi connectivity index (χ1v) is 11.5. The minimum Gasteiger partial charge on any atom is -0.497 e. The van der Waals surface area contributed by atoms with Gasteiger partial charge in [0.1, 0.15) is 5.75 Å². The van der Waals surface area contributed by atoms with Crippen LogP contribution in [-0.4, -0.2) is 31.3 Å². The van der Waals surface area contributed by atoms with Gasteiger partial charge in [0.2, 0.25) is 12.7 Å². The molecule has 1 fully saturated rings. The quantitative estimate of drug-likeness (QED) is 0.555. The molecule has 1 saturated carbocycles. The fraction of sp³-hybridized carbons (Fsp3) is 0.385. The van der Waals surface area contributed by atoms with Gasteiger partial charge < -0.3 is 24.8 Å². The van der Waals surface area contributed by atoms with Crippen molar-refractivity contribution < 1.29 is 19.0 Å². The number of fused-ring (bicyclic) bond motifs is 2. The maximum absolute atomic E-state index is 13.1. The second-order valence-electron chi connectivity index (χ2n) is 8.78. The van der Waals surface area contributed by atoms with Crippen molar-refractivity contribution in [3.05, 3.63) is 54.2 Å². The smallest absolute Gasteiger partial charge is 0.231 e. The molecular weight excluding hydrogens is 418 g/mol. The highest BCUT2D eigenvalue weighted by Gasteiger charge is 2.27. The number of nitrogens with one attached hydrogen (secondary N) is 2. The first-order valence-electron chi connectivity index (χ1n) is 11.5. The molecule has 3 aromatic rings. The van der Waals surface area contributed by atoms with Crippen LogP contribution in [0.15, 0.2) is 48.7 Å². The molecule has 0 radical (unpaired) electrons. The molecule has 0 saturated heterocycles. The first kappa shape index (κ1) is 21.5. The van der Waals surface area contributed by atoms with Crippen LogP contribution < -0.4 is 24.8 Å². The van der Waals surface area contributed by atoms with Gasteiger partial charge in [0, 0.05) is 24.0 Å². The third-order valence-corrected chi connectivity index (χ3v) is 6.56. The summed E-state index contributed by atoms with van der Waals surface area (Å²) in [7, 11) is 1.64. The highest BCUT2D eigenvalue weighted by molar-refractivity contribution is 6.02. The van der Waals surface area contributed by atoms with Gasteiger partial charge in [0.05, 0.1) is 18.3 Å². The van der Waals surface area contributed by atoms with Gasteiger partial charge in [-0.15, -0.1) is 0 Å². The van der Waals surface area contributed by atoms with Crippen LogP contribution in [0.3, 0.4) is 0 Å². The molecule has 2 unspecified atom stereocenters. The van der Waals surface area contributed by atoms with E-state index in [9.17, 15) is 4.79 Å². The normalized spacial score (nSPS) is 19.4. The van der Waals surface area contributed by atoms with E-state index in [4.69, 9.17) is 14.2 Å². The second-order valence-corrected chi connectivity index (χ2v) is 8.78. The molecule has 2 N–H and O–H groups in total. The molecule has 2 aromatic carbocycles. The number of amides is 1. The number of carbonyl (C=O) groups excluding carboxylic acids is 1. The molecule has 0 bridgehead atoms. The third-order valence-electron chi connectivity index (χ3n) is 6.56. The number of aromatic nitrogens is 1. The second kappa shape index (κ2) is 9.67. The molecule has 2 atom stereocenters. The highest BCUT2D eigenvalue weighted by Crippen LogP contribution is 2.33. The topological polar surface area (TPSA) is 81.7 Å². The Kier molecular flexibility index (Phi) is 6.30. The largest absolute Gasteiger partial charge is 0.497 e. The Bertz CT molecular complexity index is 1150. The van der Waals surface area contributed by atoms with Crippen molar-refractivity contribution in [1.82, 2.24) is 10.3 Å². The van der Waals surface area contributed by atoms with Crippen LogP contribution >= 0.6 is 0 Å². The Balaban J connectivity index is 1.17. The number of benzene rings is 2. The van der Waals surface area contributed by atoms with Crippen molar-refractivity contribution in [2.75, 3.05) is 25.8 Å². The third kappa shape index (κ3) is 4.88. The molecule has 1 aliphatic carbocycles. The van der Waals surface area contributed by atoms with E-state index in [-0.39, 0.29) is 11.8 Å². The summed E-state index contributed by atoms with van der Waals surface area (Å²) in [6.45, 7) is 1.96. The summed E-state index contributed by atoms with van der Waals surface area (Å²) in [5.74, 6) is 2.95. The average molecular weight is 448 g/mol.